The van der Waals surface area contributed by atoms with E-state index in [4.69, 9.17) is 37.0 Å². The van der Waals surface area contributed by atoms with Crippen molar-refractivity contribution in [1.29, 1.82) is 0 Å². The van der Waals surface area contributed by atoms with Gasteiger partial charge in [0.05, 0.1) is 36.2 Å². The van der Waals surface area contributed by atoms with Crippen LogP contribution in [0.1, 0.15) is 24.3 Å². The van der Waals surface area contributed by atoms with E-state index in [-0.39, 0.29) is 29.2 Å². The van der Waals surface area contributed by atoms with Gasteiger partial charge < -0.3 is 13.8 Å². The number of halogens is 2. The molecule has 1 aromatic heterocycles. The highest BCUT2D eigenvalue weighted by molar-refractivity contribution is 7.62. The average molecular weight is 392 g/mol. The van der Waals surface area contributed by atoms with E-state index in [1.165, 1.54) is 25.3 Å². The maximum absolute atomic E-state index is 13.2. The number of aromatic nitrogens is 1. The van der Waals surface area contributed by atoms with Crippen molar-refractivity contribution in [3.63, 3.8) is 0 Å². The lowest BCUT2D eigenvalue weighted by Gasteiger charge is -2.20. The molecular formula is C15H16Cl2NO5P. The smallest absolute Gasteiger partial charge is 0.362 e. The lowest BCUT2D eigenvalue weighted by molar-refractivity contribution is 0.0594. The number of esters is 1. The zero-order chi connectivity index (χ0) is 17.9. The highest BCUT2D eigenvalue weighted by Gasteiger charge is 2.32. The standard InChI is InChI=1S/C15H16Cl2NO5P/c1-4-22-24(20,23-5-2)13-8-12(15(19)21-3)18-11-7-9(16)6-10(17)14(11)13/h6-8H,4-5H2,1-3H3. The maximum atomic E-state index is 13.2. The summed E-state index contributed by atoms with van der Waals surface area (Å²) in [5, 5.41) is 1.07. The molecule has 0 aliphatic rings. The Morgan fingerprint density at radius 1 is 1.17 bits per heavy atom. The van der Waals surface area contributed by atoms with Crippen LogP contribution in [-0.2, 0) is 18.3 Å². The zero-order valence-electron chi connectivity index (χ0n) is 13.3. The van der Waals surface area contributed by atoms with Gasteiger partial charge in [-0.1, -0.05) is 23.2 Å². The van der Waals surface area contributed by atoms with Gasteiger partial charge >= 0.3 is 13.6 Å². The summed E-state index contributed by atoms with van der Waals surface area (Å²) >= 11 is 12.3. The van der Waals surface area contributed by atoms with Crippen molar-refractivity contribution >= 4 is 53.0 Å². The van der Waals surface area contributed by atoms with E-state index in [9.17, 15) is 9.36 Å². The number of hydrogen-bond donors (Lipinski definition) is 0. The van der Waals surface area contributed by atoms with E-state index < -0.39 is 13.6 Å². The highest BCUT2D eigenvalue weighted by atomic mass is 35.5. The third-order valence-corrected chi connectivity index (χ3v) is 5.75. The predicted octanol–water partition coefficient (Wildman–Crippen LogP) is 4.22. The van der Waals surface area contributed by atoms with Gasteiger partial charge in [0.25, 0.3) is 0 Å². The second kappa shape index (κ2) is 7.81. The molecule has 0 saturated carbocycles. The summed E-state index contributed by atoms with van der Waals surface area (Å²) in [5.41, 5.74) is 0.253. The molecule has 0 radical (unpaired) electrons. The van der Waals surface area contributed by atoms with Gasteiger partial charge in [-0.3, -0.25) is 4.57 Å². The third kappa shape index (κ3) is 3.73. The van der Waals surface area contributed by atoms with E-state index in [0.29, 0.717) is 15.9 Å². The van der Waals surface area contributed by atoms with Crippen LogP contribution < -0.4 is 5.30 Å². The molecule has 0 saturated heterocycles. The fourth-order valence-corrected chi connectivity index (χ4v) is 4.68. The Kier molecular flexibility index (Phi) is 6.23. The van der Waals surface area contributed by atoms with Crippen molar-refractivity contribution in [3.8, 4) is 0 Å². The van der Waals surface area contributed by atoms with Gasteiger partial charge in [0.1, 0.15) is 5.69 Å². The molecule has 1 heterocycles. The van der Waals surface area contributed by atoms with Crippen LogP contribution in [0, 0.1) is 0 Å². The summed E-state index contributed by atoms with van der Waals surface area (Å²) < 4.78 is 28.7. The molecule has 0 fully saturated rings. The summed E-state index contributed by atoms with van der Waals surface area (Å²) in [6, 6.07) is 4.33. The lowest BCUT2D eigenvalue weighted by Crippen LogP contribution is -2.17. The van der Waals surface area contributed by atoms with Gasteiger partial charge in [-0.05, 0) is 32.0 Å². The average Bonchev–Trinajstić information content (AvgIpc) is 2.53. The second-order valence-corrected chi connectivity index (χ2v) is 7.47. The van der Waals surface area contributed by atoms with Gasteiger partial charge in [0.15, 0.2) is 0 Å². The van der Waals surface area contributed by atoms with Crippen LogP contribution in [0.5, 0.6) is 0 Å². The van der Waals surface area contributed by atoms with Crippen molar-refractivity contribution in [3.05, 3.63) is 33.9 Å². The van der Waals surface area contributed by atoms with Crippen LogP contribution in [0.25, 0.3) is 10.9 Å². The SMILES string of the molecule is CCOP(=O)(OCC)c1cc(C(=O)OC)nc2cc(Cl)cc(Cl)c12. The molecule has 0 atom stereocenters. The molecule has 0 aliphatic carbocycles. The monoisotopic (exact) mass is 391 g/mol. The second-order valence-electron chi connectivity index (χ2n) is 4.63. The summed E-state index contributed by atoms with van der Waals surface area (Å²) in [4.78, 5) is 16.1. The lowest BCUT2D eigenvalue weighted by atomic mass is 10.2. The molecule has 9 heteroatoms. The van der Waals surface area contributed by atoms with Gasteiger partial charge in [-0.15, -0.1) is 0 Å². The number of nitrogens with zero attached hydrogens (tertiary/aromatic N) is 1. The van der Waals surface area contributed by atoms with E-state index in [1.54, 1.807) is 13.8 Å². The Labute approximate surface area is 149 Å². The fraction of sp³-hybridized carbons (Fsp3) is 0.333. The molecule has 130 valence electrons. The molecule has 6 nitrogen and oxygen atoms in total. The third-order valence-electron chi connectivity index (χ3n) is 3.09. The molecule has 0 spiro atoms. The largest absolute Gasteiger partial charge is 0.464 e. The van der Waals surface area contributed by atoms with Crippen molar-refractivity contribution in [2.45, 2.75) is 13.8 Å². The highest BCUT2D eigenvalue weighted by Crippen LogP contribution is 2.49. The van der Waals surface area contributed by atoms with Crippen molar-refractivity contribution in [1.82, 2.24) is 4.98 Å². The Hall–Kier alpha value is -1.17. The van der Waals surface area contributed by atoms with Crippen molar-refractivity contribution in [2.24, 2.45) is 0 Å². The first-order valence-electron chi connectivity index (χ1n) is 7.14. The number of benzene rings is 1. The van der Waals surface area contributed by atoms with E-state index in [0.717, 1.165) is 0 Å². The Bertz CT molecular complexity index is 817. The predicted molar refractivity (Wildman–Crippen MR) is 93.6 cm³/mol. The number of hydrogen-bond acceptors (Lipinski definition) is 6. The van der Waals surface area contributed by atoms with Gasteiger partial charge in [0.2, 0.25) is 0 Å². The number of methoxy groups -OCH3 is 1. The first kappa shape index (κ1) is 19.2. The van der Waals surface area contributed by atoms with E-state index in [2.05, 4.69) is 4.98 Å². The first-order valence-corrected chi connectivity index (χ1v) is 9.44. The summed E-state index contributed by atoms with van der Waals surface area (Å²) in [5.74, 6) is -0.686. The van der Waals surface area contributed by atoms with Crippen LogP contribution >= 0.6 is 30.8 Å². The number of carbonyl (C=O) groups is 1. The molecular weight excluding hydrogens is 376 g/mol. The molecule has 0 amide bonds. The van der Waals surface area contributed by atoms with Gasteiger partial charge in [-0.25, -0.2) is 9.78 Å². The quantitative estimate of drug-likeness (QED) is 0.541. The molecule has 2 rings (SSSR count). The van der Waals surface area contributed by atoms with E-state index >= 15 is 0 Å². The number of ether oxygens (including phenoxy) is 1. The van der Waals surface area contributed by atoms with E-state index in [1.807, 2.05) is 0 Å². The Morgan fingerprint density at radius 2 is 1.79 bits per heavy atom. The Balaban J connectivity index is 2.87. The van der Waals surface area contributed by atoms with Crippen molar-refractivity contribution in [2.75, 3.05) is 20.3 Å². The minimum Gasteiger partial charge on any atom is -0.464 e. The molecule has 2 aromatic rings. The maximum Gasteiger partial charge on any atom is 0.362 e. The first-order chi connectivity index (χ1) is 11.4. The number of carbonyl (C=O) groups excluding carboxylic acids is 1. The summed E-state index contributed by atoms with van der Waals surface area (Å²) in [7, 11) is -2.49. The fourth-order valence-electron chi connectivity index (χ4n) is 2.21. The molecule has 0 bridgehead atoms. The molecule has 24 heavy (non-hydrogen) atoms. The van der Waals surface area contributed by atoms with Gasteiger partial charge in [0, 0.05) is 10.4 Å². The molecule has 0 N–H and O–H groups in total. The minimum absolute atomic E-state index is 0.0436. The topological polar surface area (TPSA) is 74.7 Å². The number of pyridine rings is 1. The van der Waals surface area contributed by atoms with Crippen LogP contribution in [0.2, 0.25) is 10.0 Å². The van der Waals surface area contributed by atoms with Crippen LogP contribution in [-0.4, -0.2) is 31.3 Å². The molecule has 1 aromatic carbocycles. The Morgan fingerprint density at radius 3 is 2.33 bits per heavy atom. The van der Waals surface area contributed by atoms with Crippen LogP contribution in [0.3, 0.4) is 0 Å². The normalized spacial score (nSPS) is 11.7. The minimum atomic E-state index is -3.71. The molecule has 0 aliphatic heterocycles. The molecule has 0 unspecified atom stereocenters. The van der Waals surface area contributed by atoms with Crippen LogP contribution in [0.4, 0.5) is 0 Å². The number of rotatable bonds is 6. The summed E-state index contributed by atoms with van der Waals surface area (Å²) in [6.45, 7) is 3.68. The number of fused-ring (bicyclic) bond motifs is 1. The van der Waals surface area contributed by atoms with Crippen molar-refractivity contribution < 1.29 is 23.1 Å². The van der Waals surface area contributed by atoms with Crippen LogP contribution in [0.15, 0.2) is 18.2 Å². The summed E-state index contributed by atoms with van der Waals surface area (Å²) in [6.07, 6.45) is 0. The van der Waals surface area contributed by atoms with Gasteiger partial charge in [-0.2, -0.15) is 0 Å². The zero-order valence-corrected chi connectivity index (χ0v) is 15.7.